The lowest BCUT2D eigenvalue weighted by atomic mass is 9.70. The molecular formula is C10H19N. The van der Waals surface area contributed by atoms with Crippen molar-refractivity contribution in [1.82, 2.24) is 4.90 Å². The van der Waals surface area contributed by atoms with E-state index in [9.17, 15) is 0 Å². The smallest absolute Gasteiger partial charge is 0.0131 e. The summed E-state index contributed by atoms with van der Waals surface area (Å²) in [5.41, 5.74) is 0. The van der Waals surface area contributed by atoms with Gasteiger partial charge in [-0.3, -0.25) is 4.90 Å². The first-order valence-electron chi connectivity index (χ1n) is 5.22. The molecule has 0 spiro atoms. The number of nitrogens with zero attached hydrogens (tertiary/aromatic N) is 1. The minimum absolute atomic E-state index is 1.04. The van der Waals surface area contributed by atoms with E-state index >= 15 is 0 Å². The second-order valence-electron chi connectivity index (χ2n) is 3.81. The highest BCUT2D eigenvalue weighted by Gasteiger charge is 2.52. The molecular weight excluding hydrogens is 134 g/mol. The van der Waals surface area contributed by atoms with E-state index < -0.39 is 0 Å². The van der Waals surface area contributed by atoms with Crippen LogP contribution < -0.4 is 0 Å². The van der Waals surface area contributed by atoms with Gasteiger partial charge in [0, 0.05) is 18.1 Å². The van der Waals surface area contributed by atoms with Crippen LogP contribution >= 0.6 is 0 Å². The Morgan fingerprint density at radius 2 is 1.45 bits per heavy atom. The molecule has 1 heteroatoms. The Hall–Kier alpha value is -0.0400. The second kappa shape index (κ2) is 2.78. The van der Waals surface area contributed by atoms with Gasteiger partial charge in [-0.1, -0.05) is 20.3 Å². The zero-order chi connectivity index (χ0) is 7.84. The Labute approximate surface area is 69.8 Å². The lowest BCUT2D eigenvalue weighted by Crippen LogP contribution is -2.71. The molecule has 0 amide bonds. The zero-order valence-electron chi connectivity index (χ0n) is 7.71. The molecule has 0 aromatic carbocycles. The summed E-state index contributed by atoms with van der Waals surface area (Å²) in [4.78, 5) is 2.75. The molecule has 3 rings (SSSR count). The predicted molar refractivity (Wildman–Crippen MR) is 47.6 cm³/mol. The molecule has 2 unspecified atom stereocenters. The monoisotopic (exact) mass is 153 g/mol. The van der Waals surface area contributed by atoms with Crippen LogP contribution in [0.1, 0.15) is 46.0 Å². The van der Waals surface area contributed by atoms with Gasteiger partial charge in [-0.15, -0.1) is 0 Å². The summed E-state index contributed by atoms with van der Waals surface area (Å²) in [6.45, 7) is 4.00. The molecule has 0 saturated carbocycles. The summed E-state index contributed by atoms with van der Waals surface area (Å²) < 4.78 is 0. The van der Waals surface area contributed by atoms with Crippen LogP contribution in [0.15, 0.2) is 0 Å². The average molecular weight is 153 g/mol. The summed E-state index contributed by atoms with van der Waals surface area (Å²) in [6, 6.07) is 3.14. The Morgan fingerprint density at radius 1 is 0.909 bits per heavy atom. The van der Waals surface area contributed by atoms with Crippen molar-refractivity contribution in [2.24, 2.45) is 0 Å². The van der Waals surface area contributed by atoms with Crippen molar-refractivity contribution in [2.75, 3.05) is 0 Å². The first-order valence-corrected chi connectivity index (χ1v) is 5.22. The van der Waals surface area contributed by atoms with E-state index in [-0.39, 0.29) is 0 Å². The lowest BCUT2D eigenvalue weighted by Gasteiger charge is -2.64. The Bertz CT molecular complexity index is 126. The number of hydrogen-bond donors (Lipinski definition) is 0. The molecule has 0 aromatic heterocycles. The third-order valence-corrected chi connectivity index (χ3v) is 3.43. The number of rotatable bonds is 0. The van der Waals surface area contributed by atoms with Gasteiger partial charge in [0.2, 0.25) is 0 Å². The SMILES string of the molecule is C1CC2CC3CC(C1)N23.CC. The number of piperidine rings is 2. The minimum Gasteiger partial charge on any atom is -0.294 e. The largest absolute Gasteiger partial charge is 0.294 e. The summed E-state index contributed by atoms with van der Waals surface area (Å²) in [5.74, 6) is 0. The predicted octanol–water partition coefficient (Wildman–Crippen LogP) is 2.41. The molecule has 2 atom stereocenters. The maximum Gasteiger partial charge on any atom is 0.0131 e. The van der Waals surface area contributed by atoms with Crippen LogP contribution in [-0.2, 0) is 0 Å². The lowest BCUT2D eigenvalue weighted by molar-refractivity contribution is -0.143. The molecule has 3 aliphatic rings. The van der Waals surface area contributed by atoms with E-state index in [1.165, 1.54) is 32.1 Å². The van der Waals surface area contributed by atoms with Gasteiger partial charge in [-0.2, -0.15) is 0 Å². The van der Waals surface area contributed by atoms with Gasteiger partial charge < -0.3 is 0 Å². The maximum atomic E-state index is 2.75. The van der Waals surface area contributed by atoms with Crippen LogP contribution in [0.2, 0.25) is 0 Å². The van der Waals surface area contributed by atoms with Crippen LogP contribution in [0.3, 0.4) is 0 Å². The molecule has 3 saturated heterocycles. The van der Waals surface area contributed by atoms with Gasteiger partial charge >= 0.3 is 0 Å². The van der Waals surface area contributed by atoms with E-state index in [1.54, 1.807) is 0 Å². The van der Waals surface area contributed by atoms with Crippen molar-refractivity contribution in [2.45, 2.75) is 64.1 Å². The van der Waals surface area contributed by atoms with Gasteiger partial charge in [0.25, 0.3) is 0 Å². The fourth-order valence-corrected chi connectivity index (χ4v) is 2.95. The van der Waals surface area contributed by atoms with Gasteiger partial charge in [0.05, 0.1) is 0 Å². The van der Waals surface area contributed by atoms with E-state index in [0.29, 0.717) is 0 Å². The molecule has 0 aromatic rings. The fraction of sp³-hybridized carbons (Fsp3) is 1.00. The van der Waals surface area contributed by atoms with Crippen molar-refractivity contribution in [1.29, 1.82) is 0 Å². The van der Waals surface area contributed by atoms with Gasteiger partial charge in [0.15, 0.2) is 0 Å². The van der Waals surface area contributed by atoms with Crippen LogP contribution in [0.25, 0.3) is 0 Å². The Kier molecular flexibility index (Phi) is 1.92. The molecule has 1 nitrogen and oxygen atoms in total. The Morgan fingerprint density at radius 3 is 1.82 bits per heavy atom. The molecule has 3 heterocycles. The molecule has 0 aliphatic carbocycles. The van der Waals surface area contributed by atoms with E-state index in [2.05, 4.69) is 4.90 Å². The van der Waals surface area contributed by atoms with Crippen molar-refractivity contribution in [3.8, 4) is 0 Å². The first-order chi connectivity index (χ1) is 5.45. The fourth-order valence-electron chi connectivity index (χ4n) is 2.95. The van der Waals surface area contributed by atoms with Crippen molar-refractivity contribution in [3.05, 3.63) is 0 Å². The maximum absolute atomic E-state index is 2.75. The van der Waals surface area contributed by atoms with Gasteiger partial charge in [-0.25, -0.2) is 0 Å². The van der Waals surface area contributed by atoms with E-state index in [4.69, 9.17) is 0 Å². The van der Waals surface area contributed by atoms with Crippen LogP contribution in [-0.4, -0.2) is 23.0 Å². The minimum atomic E-state index is 1.04. The highest BCUT2D eigenvalue weighted by molar-refractivity contribution is 5.08. The van der Waals surface area contributed by atoms with E-state index in [0.717, 1.165) is 18.1 Å². The molecule has 0 N–H and O–H groups in total. The standard InChI is InChI=1S/C8H13N.C2H6/c1-2-6-4-8-5-7(3-1)9(6)8;1-2/h6-8H,1-5H2;1-2H3. The van der Waals surface area contributed by atoms with Crippen molar-refractivity contribution >= 4 is 0 Å². The van der Waals surface area contributed by atoms with Crippen molar-refractivity contribution in [3.63, 3.8) is 0 Å². The summed E-state index contributed by atoms with van der Waals surface area (Å²) >= 11 is 0. The molecule has 64 valence electrons. The third-order valence-electron chi connectivity index (χ3n) is 3.43. The highest BCUT2D eigenvalue weighted by atomic mass is 15.3. The van der Waals surface area contributed by atoms with Crippen LogP contribution in [0.4, 0.5) is 0 Å². The van der Waals surface area contributed by atoms with Crippen LogP contribution in [0.5, 0.6) is 0 Å². The summed E-state index contributed by atoms with van der Waals surface area (Å²) in [7, 11) is 0. The summed E-state index contributed by atoms with van der Waals surface area (Å²) in [6.07, 6.45) is 7.60. The second-order valence-corrected chi connectivity index (χ2v) is 3.81. The quantitative estimate of drug-likeness (QED) is 0.516. The topological polar surface area (TPSA) is 3.24 Å². The highest BCUT2D eigenvalue weighted by Crippen LogP contribution is 2.48. The molecule has 0 bridgehead atoms. The average Bonchev–Trinajstić information content (AvgIpc) is 1.97. The molecule has 3 aliphatic heterocycles. The molecule has 3 fully saturated rings. The van der Waals surface area contributed by atoms with Gasteiger partial charge in [0.1, 0.15) is 0 Å². The normalized spacial score (nSPS) is 45.8. The molecule has 11 heavy (non-hydrogen) atoms. The number of hydrogen-bond acceptors (Lipinski definition) is 1. The van der Waals surface area contributed by atoms with Gasteiger partial charge in [-0.05, 0) is 25.7 Å². The first kappa shape index (κ1) is 7.60. The van der Waals surface area contributed by atoms with Crippen LogP contribution in [0, 0.1) is 0 Å². The Balaban J connectivity index is 0.000000224. The van der Waals surface area contributed by atoms with Crippen molar-refractivity contribution < 1.29 is 0 Å². The zero-order valence-corrected chi connectivity index (χ0v) is 7.71. The third kappa shape index (κ3) is 0.936. The summed E-state index contributed by atoms with van der Waals surface area (Å²) in [5, 5.41) is 0. The van der Waals surface area contributed by atoms with E-state index in [1.807, 2.05) is 13.8 Å². The molecule has 0 radical (unpaired) electrons.